The molecule has 0 saturated carbocycles. The Morgan fingerprint density at radius 1 is 1.12 bits per heavy atom. The Morgan fingerprint density at radius 3 is 2.23 bits per heavy atom. The molecule has 1 unspecified atom stereocenters. The lowest BCUT2D eigenvalue weighted by Gasteiger charge is -2.21. The Labute approximate surface area is 152 Å². The maximum absolute atomic E-state index is 12.3. The number of benzene rings is 1. The zero-order chi connectivity index (χ0) is 19.9. The van der Waals surface area contributed by atoms with Gasteiger partial charge in [-0.05, 0) is 45.4 Å². The molecule has 0 saturated heterocycles. The second kappa shape index (κ2) is 9.07. The highest BCUT2D eigenvalue weighted by molar-refractivity contribution is 5.97. The first-order chi connectivity index (χ1) is 12.1. The van der Waals surface area contributed by atoms with Crippen molar-refractivity contribution < 1.29 is 33.7 Å². The van der Waals surface area contributed by atoms with Crippen molar-refractivity contribution >= 4 is 17.8 Å². The van der Waals surface area contributed by atoms with Crippen LogP contribution in [0.3, 0.4) is 0 Å². The minimum Gasteiger partial charge on any atom is -0.493 e. The predicted molar refractivity (Wildman–Crippen MR) is 93.9 cm³/mol. The number of rotatable bonds is 8. The van der Waals surface area contributed by atoms with Crippen LogP contribution >= 0.6 is 0 Å². The number of Topliss-reactive ketones (excluding diaryl/α,β-unsaturated/α-hetero) is 1. The highest BCUT2D eigenvalue weighted by Gasteiger charge is 2.25. The highest BCUT2D eigenvalue weighted by atomic mass is 16.6. The number of carbonyl (C=O) groups is 3. The highest BCUT2D eigenvalue weighted by Crippen LogP contribution is 2.28. The third kappa shape index (κ3) is 6.62. The van der Waals surface area contributed by atoms with Gasteiger partial charge in [0.05, 0.1) is 14.2 Å². The number of hydrogen-bond donors (Lipinski definition) is 2. The van der Waals surface area contributed by atoms with Crippen molar-refractivity contribution in [2.75, 3.05) is 14.2 Å². The molecule has 1 amide bonds. The molecular weight excluding hydrogens is 342 g/mol. The Bertz CT molecular complexity index is 664. The van der Waals surface area contributed by atoms with E-state index in [1.165, 1.54) is 20.3 Å². The van der Waals surface area contributed by atoms with E-state index in [9.17, 15) is 19.5 Å². The monoisotopic (exact) mass is 367 g/mol. The SMILES string of the molecule is COc1ccc(C(=O)CCC(NC(=O)OC(C)(C)C)C(=O)O)cc1OC. The molecule has 0 aliphatic heterocycles. The van der Waals surface area contributed by atoms with Crippen molar-refractivity contribution in [3.05, 3.63) is 23.8 Å². The van der Waals surface area contributed by atoms with E-state index in [2.05, 4.69) is 5.32 Å². The van der Waals surface area contributed by atoms with E-state index in [4.69, 9.17) is 14.2 Å². The lowest BCUT2D eigenvalue weighted by atomic mass is 10.0. The van der Waals surface area contributed by atoms with Gasteiger partial charge < -0.3 is 24.6 Å². The summed E-state index contributed by atoms with van der Waals surface area (Å²) in [5.74, 6) is -0.627. The van der Waals surface area contributed by atoms with Crippen LogP contribution in [0.2, 0.25) is 0 Å². The van der Waals surface area contributed by atoms with Gasteiger partial charge in [0.1, 0.15) is 11.6 Å². The van der Waals surface area contributed by atoms with Crippen LogP contribution in [0.15, 0.2) is 18.2 Å². The van der Waals surface area contributed by atoms with Crippen LogP contribution in [0.5, 0.6) is 11.5 Å². The number of methoxy groups -OCH3 is 2. The maximum atomic E-state index is 12.3. The van der Waals surface area contributed by atoms with Gasteiger partial charge >= 0.3 is 12.1 Å². The van der Waals surface area contributed by atoms with E-state index in [-0.39, 0.29) is 18.6 Å². The topological polar surface area (TPSA) is 111 Å². The molecule has 1 rings (SSSR count). The number of nitrogens with one attached hydrogen (secondary N) is 1. The summed E-state index contributed by atoms with van der Waals surface area (Å²) in [4.78, 5) is 35.4. The van der Waals surface area contributed by atoms with Gasteiger partial charge in [0.25, 0.3) is 0 Å². The van der Waals surface area contributed by atoms with Crippen LogP contribution in [-0.4, -0.2) is 48.8 Å². The lowest BCUT2D eigenvalue weighted by molar-refractivity contribution is -0.139. The normalized spacial score (nSPS) is 12.0. The maximum Gasteiger partial charge on any atom is 0.408 e. The molecule has 0 spiro atoms. The largest absolute Gasteiger partial charge is 0.493 e. The first kappa shape index (κ1) is 21.3. The van der Waals surface area contributed by atoms with Gasteiger partial charge in [0, 0.05) is 12.0 Å². The van der Waals surface area contributed by atoms with E-state index < -0.39 is 23.7 Å². The molecule has 0 heterocycles. The third-order valence-electron chi connectivity index (χ3n) is 3.35. The van der Waals surface area contributed by atoms with Gasteiger partial charge in [-0.1, -0.05) is 0 Å². The number of alkyl carbamates (subject to hydrolysis) is 1. The molecule has 26 heavy (non-hydrogen) atoms. The summed E-state index contributed by atoms with van der Waals surface area (Å²) < 4.78 is 15.3. The number of carboxylic acid groups (broad SMARTS) is 1. The van der Waals surface area contributed by atoms with Crippen molar-refractivity contribution in [1.82, 2.24) is 5.32 Å². The second-order valence-corrected chi connectivity index (χ2v) is 6.57. The molecule has 0 aromatic heterocycles. The van der Waals surface area contributed by atoms with E-state index in [0.717, 1.165) is 0 Å². The van der Waals surface area contributed by atoms with E-state index >= 15 is 0 Å². The summed E-state index contributed by atoms with van der Waals surface area (Å²) in [6.07, 6.45) is -0.979. The van der Waals surface area contributed by atoms with Crippen LogP contribution in [0, 0.1) is 0 Å². The summed E-state index contributed by atoms with van der Waals surface area (Å²) in [6.45, 7) is 5.01. The average molecular weight is 367 g/mol. The molecule has 8 nitrogen and oxygen atoms in total. The number of carbonyl (C=O) groups excluding carboxylic acids is 2. The lowest BCUT2D eigenvalue weighted by Crippen LogP contribution is -2.43. The van der Waals surface area contributed by atoms with Crippen molar-refractivity contribution in [2.45, 2.75) is 45.3 Å². The van der Waals surface area contributed by atoms with Crippen LogP contribution in [0.25, 0.3) is 0 Å². The van der Waals surface area contributed by atoms with Crippen molar-refractivity contribution in [2.24, 2.45) is 0 Å². The number of aliphatic carboxylic acids is 1. The van der Waals surface area contributed by atoms with Gasteiger partial charge in [-0.25, -0.2) is 9.59 Å². The Balaban J connectivity index is 2.73. The molecule has 1 aromatic carbocycles. The van der Waals surface area contributed by atoms with Crippen LogP contribution in [-0.2, 0) is 9.53 Å². The molecule has 0 bridgehead atoms. The first-order valence-electron chi connectivity index (χ1n) is 8.05. The Morgan fingerprint density at radius 2 is 1.73 bits per heavy atom. The van der Waals surface area contributed by atoms with Crippen molar-refractivity contribution in [3.63, 3.8) is 0 Å². The zero-order valence-corrected chi connectivity index (χ0v) is 15.6. The first-order valence-corrected chi connectivity index (χ1v) is 8.05. The summed E-state index contributed by atoms with van der Waals surface area (Å²) in [5.41, 5.74) is -0.383. The van der Waals surface area contributed by atoms with Crippen molar-refractivity contribution in [3.8, 4) is 11.5 Å². The van der Waals surface area contributed by atoms with E-state index in [1.807, 2.05) is 0 Å². The molecule has 0 radical (unpaired) electrons. The number of carboxylic acids is 1. The summed E-state index contributed by atoms with van der Waals surface area (Å²) >= 11 is 0. The fraction of sp³-hybridized carbons (Fsp3) is 0.500. The molecule has 1 atom stereocenters. The fourth-order valence-corrected chi connectivity index (χ4v) is 2.14. The average Bonchev–Trinajstić information content (AvgIpc) is 2.55. The van der Waals surface area contributed by atoms with Gasteiger partial charge in [-0.15, -0.1) is 0 Å². The fourth-order valence-electron chi connectivity index (χ4n) is 2.14. The third-order valence-corrected chi connectivity index (χ3v) is 3.35. The van der Waals surface area contributed by atoms with E-state index in [0.29, 0.717) is 17.1 Å². The number of ether oxygens (including phenoxy) is 3. The standard InChI is InChI=1S/C18H25NO7/c1-18(2,3)26-17(23)19-12(16(21)22)7-8-13(20)11-6-9-14(24-4)15(10-11)25-5/h6,9-10,12H,7-8H2,1-5H3,(H,19,23)(H,21,22). The minimum atomic E-state index is -1.24. The Kier molecular flexibility index (Phi) is 7.42. The van der Waals surface area contributed by atoms with Gasteiger partial charge in [0.2, 0.25) is 0 Å². The molecule has 1 aromatic rings. The van der Waals surface area contributed by atoms with Crippen LogP contribution in [0.1, 0.15) is 44.0 Å². The Hall–Kier alpha value is -2.77. The summed E-state index contributed by atoms with van der Waals surface area (Å²) in [7, 11) is 2.94. The van der Waals surface area contributed by atoms with Crippen LogP contribution < -0.4 is 14.8 Å². The van der Waals surface area contributed by atoms with E-state index in [1.54, 1.807) is 32.9 Å². The van der Waals surface area contributed by atoms with Gasteiger partial charge in [-0.2, -0.15) is 0 Å². The number of ketones is 1. The number of amides is 1. The summed E-state index contributed by atoms with van der Waals surface area (Å²) in [6, 6.07) is 3.47. The quantitative estimate of drug-likeness (QED) is 0.679. The smallest absolute Gasteiger partial charge is 0.408 e. The predicted octanol–water partition coefficient (Wildman–Crippen LogP) is 2.64. The minimum absolute atomic E-state index is 0.0672. The molecule has 8 heteroatoms. The summed E-state index contributed by atoms with van der Waals surface area (Å²) in [5, 5.41) is 11.5. The molecular formula is C18H25NO7. The zero-order valence-electron chi connectivity index (χ0n) is 15.6. The van der Waals surface area contributed by atoms with Gasteiger partial charge in [0.15, 0.2) is 17.3 Å². The molecule has 0 fully saturated rings. The van der Waals surface area contributed by atoms with Gasteiger partial charge in [-0.3, -0.25) is 4.79 Å². The molecule has 0 aliphatic rings. The second-order valence-electron chi connectivity index (χ2n) is 6.57. The van der Waals surface area contributed by atoms with Crippen LogP contribution in [0.4, 0.5) is 4.79 Å². The molecule has 2 N–H and O–H groups in total. The molecule has 144 valence electrons. The number of hydrogen-bond acceptors (Lipinski definition) is 6. The van der Waals surface area contributed by atoms with Crippen molar-refractivity contribution in [1.29, 1.82) is 0 Å². The molecule has 0 aliphatic carbocycles.